The molecule has 1 saturated heterocycles. The molecule has 6 nitrogen and oxygen atoms in total. The Morgan fingerprint density at radius 1 is 1.47 bits per heavy atom. The van der Waals surface area contributed by atoms with E-state index in [1.165, 1.54) is 0 Å². The van der Waals surface area contributed by atoms with Gasteiger partial charge in [0.2, 0.25) is 0 Å². The molecule has 2 heterocycles. The Morgan fingerprint density at radius 3 is 2.89 bits per heavy atom. The summed E-state index contributed by atoms with van der Waals surface area (Å²) in [5, 5.41) is 9.33. The van der Waals surface area contributed by atoms with E-state index in [-0.39, 0.29) is 6.10 Å². The predicted molar refractivity (Wildman–Crippen MR) is 76.3 cm³/mol. The van der Waals surface area contributed by atoms with Crippen LogP contribution in [-0.2, 0) is 11.3 Å². The first-order valence-corrected chi connectivity index (χ1v) is 7.67. The number of thioether (sulfide) groups is 1. The van der Waals surface area contributed by atoms with Crippen LogP contribution in [0.15, 0.2) is 5.16 Å². The first kappa shape index (κ1) is 14.8. The first-order chi connectivity index (χ1) is 9.11. The summed E-state index contributed by atoms with van der Waals surface area (Å²) in [6, 6.07) is 0.325. The Morgan fingerprint density at radius 2 is 2.26 bits per heavy atom. The Kier molecular flexibility index (Phi) is 5.20. The molecule has 0 aromatic carbocycles. The van der Waals surface area contributed by atoms with Crippen molar-refractivity contribution in [3.8, 4) is 0 Å². The van der Waals surface area contributed by atoms with Crippen LogP contribution in [0.5, 0.6) is 0 Å². The van der Waals surface area contributed by atoms with E-state index >= 15 is 0 Å². The minimum atomic E-state index is 0.266. The van der Waals surface area contributed by atoms with Gasteiger partial charge in [-0.1, -0.05) is 11.8 Å². The van der Waals surface area contributed by atoms with Gasteiger partial charge < -0.3 is 19.9 Å². The molecule has 1 atom stereocenters. The number of rotatable bonds is 5. The molecule has 19 heavy (non-hydrogen) atoms. The maximum Gasteiger partial charge on any atom is 0.191 e. The maximum absolute atomic E-state index is 5.76. The van der Waals surface area contributed by atoms with Gasteiger partial charge in [0.15, 0.2) is 5.16 Å². The van der Waals surface area contributed by atoms with Gasteiger partial charge in [-0.2, -0.15) is 0 Å². The van der Waals surface area contributed by atoms with Crippen LogP contribution < -0.4 is 5.73 Å². The zero-order valence-electron chi connectivity index (χ0n) is 11.9. The largest absolute Gasteiger partial charge is 0.375 e. The molecule has 1 fully saturated rings. The van der Waals surface area contributed by atoms with Crippen molar-refractivity contribution in [2.45, 2.75) is 37.7 Å². The highest BCUT2D eigenvalue weighted by Gasteiger charge is 2.20. The smallest absolute Gasteiger partial charge is 0.191 e. The topological polar surface area (TPSA) is 69.2 Å². The lowest BCUT2D eigenvalue weighted by Crippen LogP contribution is -2.41. The third-order valence-corrected chi connectivity index (χ3v) is 4.25. The van der Waals surface area contributed by atoms with E-state index in [1.807, 2.05) is 0 Å². The SMILES string of the molecule is CC(C)n1c(CN)nnc1SCC1CN(C)CCO1. The van der Waals surface area contributed by atoms with Gasteiger partial charge in [0, 0.05) is 24.9 Å². The molecule has 0 spiro atoms. The second kappa shape index (κ2) is 6.69. The van der Waals surface area contributed by atoms with E-state index in [0.717, 1.165) is 36.4 Å². The molecular weight excluding hydrogens is 262 g/mol. The minimum absolute atomic E-state index is 0.266. The van der Waals surface area contributed by atoms with Crippen LogP contribution in [0.4, 0.5) is 0 Å². The molecule has 2 N–H and O–H groups in total. The fraction of sp³-hybridized carbons (Fsp3) is 0.833. The quantitative estimate of drug-likeness (QED) is 0.805. The van der Waals surface area contributed by atoms with E-state index in [0.29, 0.717) is 12.6 Å². The second-order valence-electron chi connectivity index (χ2n) is 5.13. The molecule has 0 amide bonds. The Labute approximate surface area is 118 Å². The molecule has 7 heteroatoms. The summed E-state index contributed by atoms with van der Waals surface area (Å²) >= 11 is 1.70. The van der Waals surface area contributed by atoms with Crippen molar-refractivity contribution < 1.29 is 4.74 Å². The Balaban J connectivity index is 1.97. The molecule has 1 aromatic heterocycles. The van der Waals surface area contributed by atoms with Crippen molar-refractivity contribution in [1.29, 1.82) is 0 Å². The van der Waals surface area contributed by atoms with E-state index < -0.39 is 0 Å². The predicted octanol–water partition coefficient (Wildman–Crippen LogP) is 0.740. The van der Waals surface area contributed by atoms with Crippen LogP contribution in [0.1, 0.15) is 25.7 Å². The normalized spacial score (nSPS) is 21.2. The van der Waals surface area contributed by atoms with Gasteiger partial charge in [-0.15, -0.1) is 10.2 Å². The number of hydrogen-bond donors (Lipinski definition) is 1. The number of morpholine rings is 1. The zero-order valence-corrected chi connectivity index (χ0v) is 12.7. The van der Waals surface area contributed by atoms with Crippen LogP contribution in [0.2, 0.25) is 0 Å². The highest BCUT2D eigenvalue weighted by molar-refractivity contribution is 7.99. The van der Waals surface area contributed by atoms with Crippen LogP contribution in [0.25, 0.3) is 0 Å². The molecule has 1 aliphatic heterocycles. The van der Waals surface area contributed by atoms with Gasteiger partial charge in [-0.05, 0) is 20.9 Å². The van der Waals surface area contributed by atoms with Crippen LogP contribution in [0, 0.1) is 0 Å². The Bertz CT molecular complexity index is 409. The molecule has 0 saturated carbocycles. The molecule has 108 valence electrons. The number of nitrogens with two attached hydrogens (primary N) is 1. The van der Waals surface area contributed by atoms with Crippen LogP contribution >= 0.6 is 11.8 Å². The third kappa shape index (κ3) is 3.68. The van der Waals surface area contributed by atoms with Gasteiger partial charge in [0.1, 0.15) is 5.82 Å². The lowest BCUT2D eigenvalue weighted by atomic mass is 10.3. The molecular formula is C12H23N5OS. The molecule has 1 aromatic rings. The van der Waals surface area contributed by atoms with E-state index in [4.69, 9.17) is 10.5 Å². The average Bonchev–Trinajstić information content (AvgIpc) is 2.79. The van der Waals surface area contributed by atoms with E-state index in [2.05, 4.69) is 40.6 Å². The highest BCUT2D eigenvalue weighted by atomic mass is 32.2. The summed E-state index contributed by atoms with van der Waals surface area (Å²) in [6.07, 6.45) is 0.266. The molecule has 0 aliphatic carbocycles. The van der Waals surface area contributed by atoms with Gasteiger partial charge in [-0.25, -0.2) is 0 Å². The summed E-state index contributed by atoms with van der Waals surface area (Å²) in [7, 11) is 2.13. The molecule has 1 unspecified atom stereocenters. The minimum Gasteiger partial charge on any atom is -0.375 e. The number of hydrogen-bond acceptors (Lipinski definition) is 6. The number of nitrogens with zero attached hydrogens (tertiary/aromatic N) is 4. The molecule has 1 aliphatic rings. The average molecular weight is 285 g/mol. The first-order valence-electron chi connectivity index (χ1n) is 6.68. The summed E-state index contributed by atoms with van der Waals surface area (Å²) in [4.78, 5) is 2.30. The maximum atomic E-state index is 5.76. The van der Waals surface area contributed by atoms with Crippen molar-refractivity contribution in [1.82, 2.24) is 19.7 Å². The van der Waals surface area contributed by atoms with Crippen molar-refractivity contribution >= 4 is 11.8 Å². The number of likely N-dealkylation sites (N-methyl/N-ethyl adjacent to an activating group) is 1. The summed E-state index contributed by atoms with van der Waals surface area (Å²) in [5.74, 6) is 1.75. The molecule has 2 rings (SSSR count). The lowest BCUT2D eigenvalue weighted by Gasteiger charge is -2.29. The standard InChI is InChI=1S/C12H23N5OS/c1-9(2)17-11(6-13)14-15-12(17)19-8-10-7-16(3)4-5-18-10/h9-10H,4-8,13H2,1-3H3. The molecule has 0 radical (unpaired) electrons. The van der Waals surface area contributed by atoms with Gasteiger partial charge in [0.25, 0.3) is 0 Å². The van der Waals surface area contributed by atoms with Gasteiger partial charge in [0.05, 0.1) is 19.3 Å². The summed E-state index contributed by atoms with van der Waals surface area (Å²) in [6.45, 7) is 7.48. The van der Waals surface area contributed by atoms with E-state index in [9.17, 15) is 0 Å². The highest BCUT2D eigenvalue weighted by Crippen LogP contribution is 2.23. The van der Waals surface area contributed by atoms with Gasteiger partial charge in [-0.3, -0.25) is 0 Å². The van der Waals surface area contributed by atoms with Crippen molar-refractivity contribution in [2.75, 3.05) is 32.5 Å². The lowest BCUT2D eigenvalue weighted by molar-refractivity contribution is -0.00602. The van der Waals surface area contributed by atoms with Gasteiger partial charge >= 0.3 is 0 Å². The van der Waals surface area contributed by atoms with Crippen LogP contribution in [0.3, 0.4) is 0 Å². The second-order valence-corrected chi connectivity index (χ2v) is 6.12. The summed E-state index contributed by atoms with van der Waals surface area (Å²) in [5.41, 5.74) is 5.69. The fourth-order valence-corrected chi connectivity index (χ4v) is 3.29. The van der Waals surface area contributed by atoms with Crippen molar-refractivity contribution in [3.05, 3.63) is 5.82 Å². The van der Waals surface area contributed by atoms with E-state index in [1.54, 1.807) is 11.8 Å². The van der Waals surface area contributed by atoms with Crippen molar-refractivity contribution in [2.24, 2.45) is 5.73 Å². The zero-order chi connectivity index (χ0) is 13.8. The molecule has 0 bridgehead atoms. The fourth-order valence-electron chi connectivity index (χ4n) is 2.20. The summed E-state index contributed by atoms with van der Waals surface area (Å²) < 4.78 is 7.87. The number of ether oxygens (including phenoxy) is 1. The Hall–Kier alpha value is -0.630. The van der Waals surface area contributed by atoms with Crippen LogP contribution in [-0.4, -0.2) is 58.3 Å². The number of aromatic nitrogens is 3. The monoisotopic (exact) mass is 285 g/mol. The van der Waals surface area contributed by atoms with Crippen molar-refractivity contribution in [3.63, 3.8) is 0 Å². The third-order valence-electron chi connectivity index (χ3n) is 3.17.